The fourth-order valence-corrected chi connectivity index (χ4v) is 6.11. The van der Waals surface area contributed by atoms with Crippen molar-refractivity contribution in [3.05, 3.63) is 16.3 Å². The van der Waals surface area contributed by atoms with Crippen LogP contribution in [-0.4, -0.2) is 53.8 Å². The van der Waals surface area contributed by atoms with E-state index in [1.54, 1.807) is 10.4 Å². The summed E-state index contributed by atoms with van der Waals surface area (Å²) in [5.41, 5.74) is 1.56. The van der Waals surface area contributed by atoms with Crippen molar-refractivity contribution in [3.8, 4) is 0 Å². The summed E-state index contributed by atoms with van der Waals surface area (Å²) in [6.45, 7) is 7.96. The van der Waals surface area contributed by atoms with E-state index in [4.69, 9.17) is 14.7 Å². The molecule has 0 amide bonds. The van der Waals surface area contributed by atoms with Crippen LogP contribution in [0.5, 0.6) is 0 Å². The third-order valence-corrected chi connectivity index (χ3v) is 7.57. The fraction of sp³-hybridized carbons (Fsp3) is 0.714. The number of hydrogen-bond acceptors (Lipinski definition) is 6. The van der Waals surface area contributed by atoms with Crippen molar-refractivity contribution in [1.82, 2.24) is 14.9 Å². The van der Waals surface area contributed by atoms with Crippen molar-refractivity contribution < 1.29 is 4.74 Å². The topological polar surface area (TPSA) is 41.5 Å². The zero-order chi connectivity index (χ0) is 18.2. The summed E-state index contributed by atoms with van der Waals surface area (Å²) < 4.78 is 5.51. The molecule has 4 heterocycles. The van der Waals surface area contributed by atoms with Gasteiger partial charge in [-0.05, 0) is 57.4 Å². The minimum absolute atomic E-state index is 0.576. The Morgan fingerprint density at radius 2 is 1.89 bits per heavy atom. The summed E-state index contributed by atoms with van der Waals surface area (Å²) in [6, 6.07) is 0.576. The molecule has 2 fully saturated rings. The molecular formula is C21H30N4OS. The van der Waals surface area contributed by atoms with Crippen molar-refractivity contribution in [2.24, 2.45) is 0 Å². The first-order valence-corrected chi connectivity index (χ1v) is 11.5. The Morgan fingerprint density at radius 1 is 1.04 bits per heavy atom. The van der Waals surface area contributed by atoms with Gasteiger partial charge in [0.25, 0.3) is 0 Å². The number of morpholine rings is 1. The lowest BCUT2D eigenvalue weighted by Crippen LogP contribution is -2.39. The predicted octanol–water partition coefficient (Wildman–Crippen LogP) is 3.78. The van der Waals surface area contributed by atoms with Crippen molar-refractivity contribution in [2.75, 3.05) is 37.7 Å². The molecule has 5 rings (SSSR count). The Balaban J connectivity index is 1.58. The van der Waals surface area contributed by atoms with E-state index in [1.165, 1.54) is 61.0 Å². The molecule has 1 atom stereocenters. The van der Waals surface area contributed by atoms with Crippen LogP contribution in [0.4, 0.5) is 5.82 Å². The number of fused-ring (bicyclic) bond motifs is 3. The van der Waals surface area contributed by atoms with Gasteiger partial charge < -0.3 is 9.64 Å². The Bertz CT molecular complexity index is 814. The minimum atomic E-state index is 0.576. The molecule has 146 valence electrons. The van der Waals surface area contributed by atoms with Gasteiger partial charge in [-0.3, -0.25) is 4.90 Å². The maximum Gasteiger partial charge on any atom is 0.146 e. The van der Waals surface area contributed by atoms with Crippen LogP contribution in [0.15, 0.2) is 0 Å². The van der Waals surface area contributed by atoms with Gasteiger partial charge in [-0.25, -0.2) is 9.97 Å². The molecule has 1 unspecified atom stereocenters. The Morgan fingerprint density at radius 3 is 2.74 bits per heavy atom. The summed E-state index contributed by atoms with van der Waals surface area (Å²) in [7, 11) is 0. The molecule has 2 saturated heterocycles. The van der Waals surface area contributed by atoms with Crippen LogP contribution < -0.4 is 4.90 Å². The second-order valence-electron chi connectivity index (χ2n) is 8.28. The largest absolute Gasteiger partial charge is 0.379 e. The molecule has 2 aromatic heterocycles. The highest BCUT2D eigenvalue weighted by Crippen LogP contribution is 2.41. The molecule has 2 aliphatic heterocycles. The van der Waals surface area contributed by atoms with E-state index in [-0.39, 0.29) is 0 Å². The highest BCUT2D eigenvalue weighted by Gasteiger charge is 2.27. The number of aromatic nitrogens is 2. The molecule has 6 heteroatoms. The van der Waals surface area contributed by atoms with Crippen LogP contribution >= 0.6 is 11.3 Å². The zero-order valence-electron chi connectivity index (χ0n) is 16.4. The van der Waals surface area contributed by atoms with Gasteiger partial charge in [0.15, 0.2) is 0 Å². The van der Waals surface area contributed by atoms with Crippen molar-refractivity contribution in [2.45, 2.75) is 64.5 Å². The van der Waals surface area contributed by atoms with Gasteiger partial charge in [-0.15, -0.1) is 11.3 Å². The third kappa shape index (κ3) is 3.47. The summed E-state index contributed by atoms with van der Waals surface area (Å²) in [5, 5.41) is 1.38. The maximum absolute atomic E-state index is 5.51. The minimum Gasteiger partial charge on any atom is -0.379 e. The molecule has 0 aromatic carbocycles. The zero-order valence-corrected chi connectivity index (χ0v) is 17.2. The van der Waals surface area contributed by atoms with E-state index < -0.39 is 0 Å². The fourth-order valence-electron chi connectivity index (χ4n) is 4.83. The summed E-state index contributed by atoms with van der Waals surface area (Å²) >= 11 is 1.93. The lowest BCUT2D eigenvalue weighted by molar-refractivity contribution is 0.0331. The van der Waals surface area contributed by atoms with Crippen LogP contribution in [0.1, 0.15) is 55.3 Å². The number of aryl methyl sites for hydroxylation is 2. The van der Waals surface area contributed by atoms with E-state index in [2.05, 4.69) is 16.7 Å². The van der Waals surface area contributed by atoms with Crippen molar-refractivity contribution in [3.63, 3.8) is 0 Å². The lowest BCUT2D eigenvalue weighted by atomic mass is 9.96. The second-order valence-corrected chi connectivity index (χ2v) is 9.36. The van der Waals surface area contributed by atoms with Crippen LogP contribution in [0, 0.1) is 0 Å². The highest BCUT2D eigenvalue weighted by molar-refractivity contribution is 7.19. The van der Waals surface area contributed by atoms with Crippen LogP contribution in [0.3, 0.4) is 0 Å². The van der Waals surface area contributed by atoms with Gasteiger partial charge in [0.1, 0.15) is 16.5 Å². The lowest BCUT2D eigenvalue weighted by Gasteiger charge is -2.35. The maximum atomic E-state index is 5.51. The average molecular weight is 387 g/mol. The number of ether oxygens (including phenoxy) is 1. The molecule has 0 bridgehead atoms. The molecule has 0 saturated carbocycles. The standard InChI is InChI=1S/C21H30N4OS/c1-15-6-4-5-9-25(15)20-19-16-7-2-3-8-17(16)27-21(19)23-18(22-20)14-24-10-12-26-13-11-24/h15H,2-14H2,1H3. The van der Waals surface area contributed by atoms with Crippen LogP contribution in [0.2, 0.25) is 0 Å². The van der Waals surface area contributed by atoms with Crippen molar-refractivity contribution >= 4 is 27.4 Å². The Hall–Kier alpha value is -1.24. The number of rotatable bonds is 3. The van der Waals surface area contributed by atoms with Gasteiger partial charge >= 0.3 is 0 Å². The van der Waals surface area contributed by atoms with E-state index in [1.807, 2.05) is 11.3 Å². The second kappa shape index (κ2) is 7.64. The first-order valence-electron chi connectivity index (χ1n) is 10.7. The summed E-state index contributed by atoms with van der Waals surface area (Å²) in [5.74, 6) is 2.23. The number of hydrogen-bond donors (Lipinski definition) is 0. The van der Waals surface area contributed by atoms with Gasteiger partial charge in [-0.1, -0.05) is 0 Å². The Kier molecular flexibility index (Phi) is 5.05. The predicted molar refractivity (Wildman–Crippen MR) is 111 cm³/mol. The molecule has 0 spiro atoms. The van der Waals surface area contributed by atoms with Gasteiger partial charge in [0.05, 0.1) is 25.1 Å². The quantitative estimate of drug-likeness (QED) is 0.803. The smallest absolute Gasteiger partial charge is 0.146 e. The normalized spacial score (nSPS) is 24.3. The van der Waals surface area contributed by atoms with Crippen LogP contribution in [-0.2, 0) is 24.1 Å². The van der Waals surface area contributed by atoms with E-state index >= 15 is 0 Å². The number of thiophene rings is 1. The molecule has 0 N–H and O–H groups in total. The molecule has 0 radical (unpaired) electrons. The molecule has 5 nitrogen and oxygen atoms in total. The number of anilines is 1. The third-order valence-electron chi connectivity index (χ3n) is 6.39. The van der Waals surface area contributed by atoms with Gasteiger partial charge in [0.2, 0.25) is 0 Å². The monoisotopic (exact) mass is 386 g/mol. The van der Waals surface area contributed by atoms with E-state index in [0.717, 1.165) is 45.2 Å². The summed E-state index contributed by atoms with van der Waals surface area (Å²) in [4.78, 5) is 18.1. The molecular weight excluding hydrogens is 356 g/mol. The van der Waals surface area contributed by atoms with Crippen molar-refractivity contribution in [1.29, 1.82) is 0 Å². The number of piperidine rings is 1. The summed E-state index contributed by atoms with van der Waals surface area (Å²) in [6.07, 6.45) is 8.96. The first-order chi connectivity index (χ1) is 13.3. The van der Waals surface area contributed by atoms with Gasteiger partial charge in [-0.2, -0.15) is 0 Å². The van der Waals surface area contributed by atoms with E-state index in [0.29, 0.717) is 6.04 Å². The first kappa shape index (κ1) is 17.8. The Labute approximate surface area is 165 Å². The molecule has 3 aliphatic rings. The molecule has 1 aliphatic carbocycles. The SMILES string of the molecule is CC1CCCCN1c1nc(CN2CCOCC2)nc2sc3c(c12)CCCC3. The molecule has 2 aromatic rings. The highest BCUT2D eigenvalue weighted by atomic mass is 32.1. The van der Waals surface area contributed by atoms with Crippen LogP contribution in [0.25, 0.3) is 10.2 Å². The average Bonchev–Trinajstić information content (AvgIpc) is 3.07. The number of nitrogens with zero attached hydrogens (tertiary/aromatic N) is 4. The van der Waals surface area contributed by atoms with E-state index in [9.17, 15) is 0 Å². The van der Waals surface area contributed by atoms with Gasteiger partial charge in [0, 0.05) is 30.6 Å². The molecule has 27 heavy (non-hydrogen) atoms.